The lowest BCUT2D eigenvalue weighted by molar-refractivity contribution is 0.0603. The Hall–Kier alpha value is -2.09. The Kier molecular flexibility index (Phi) is 4.79. The molecule has 3 N–H and O–H groups in total. The van der Waals surface area contributed by atoms with E-state index in [9.17, 15) is 4.79 Å². The number of oxime groups is 1. The number of piperazine rings is 1. The molecule has 1 fully saturated rings. The molecule has 8 heteroatoms. The Morgan fingerprint density at radius 1 is 1.48 bits per heavy atom. The Labute approximate surface area is 123 Å². The molecule has 1 aromatic rings. The summed E-state index contributed by atoms with van der Waals surface area (Å²) in [6.45, 7) is 4.63. The molecule has 1 saturated heterocycles. The van der Waals surface area contributed by atoms with Crippen LogP contribution in [0.15, 0.2) is 17.7 Å². The van der Waals surface area contributed by atoms with Crippen molar-refractivity contribution in [1.82, 2.24) is 19.4 Å². The fourth-order valence-electron chi connectivity index (χ4n) is 2.64. The van der Waals surface area contributed by atoms with Crippen molar-refractivity contribution in [2.24, 2.45) is 17.9 Å². The van der Waals surface area contributed by atoms with E-state index in [0.717, 1.165) is 6.42 Å². The number of aryl methyl sites for hydroxylation is 1. The summed E-state index contributed by atoms with van der Waals surface area (Å²) in [6.07, 6.45) is 4.11. The predicted molar refractivity (Wildman–Crippen MR) is 78.2 cm³/mol. The maximum absolute atomic E-state index is 12.3. The minimum Gasteiger partial charge on any atom is -0.409 e. The zero-order chi connectivity index (χ0) is 15.4. The average Bonchev–Trinajstić information content (AvgIpc) is 2.94. The lowest BCUT2D eigenvalue weighted by Crippen LogP contribution is -2.55. The van der Waals surface area contributed by atoms with Crippen molar-refractivity contribution in [3.63, 3.8) is 0 Å². The molecule has 0 bridgehead atoms. The van der Waals surface area contributed by atoms with Gasteiger partial charge in [-0.15, -0.1) is 0 Å². The zero-order valence-electron chi connectivity index (χ0n) is 12.4. The molecule has 0 aliphatic carbocycles. The van der Waals surface area contributed by atoms with Crippen molar-refractivity contribution in [2.75, 3.05) is 26.2 Å². The number of rotatable bonds is 4. The average molecular weight is 294 g/mol. The van der Waals surface area contributed by atoms with Gasteiger partial charge in [-0.1, -0.05) is 12.1 Å². The van der Waals surface area contributed by atoms with Crippen LogP contribution in [0.5, 0.6) is 0 Å². The first kappa shape index (κ1) is 15.3. The number of nitrogens with two attached hydrogens (primary N) is 1. The third-order valence-electron chi connectivity index (χ3n) is 3.81. The summed E-state index contributed by atoms with van der Waals surface area (Å²) in [4.78, 5) is 20.3. The molecule has 1 aliphatic heterocycles. The number of amides is 1. The molecule has 0 spiro atoms. The molecule has 1 atom stereocenters. The van der Waals surface area contributed by atoms with Gasteiger partial charge < -0.3 is 20.4 Å². The first-order chi connectivity index (χ1) is 10.1. The number of carbonyl (C=O) groups excluding carboxylic acids is 1. The van der Waals surface area contributed by atoms with Gasteiger partial charge in [0.2, 0.25) is 0 Å². The highest BCUT2D eigenvalue weighted by Crippen LogP contribution is 2.12. The smallest absolute Gasteiger partial charge is 0.274 e. The maximum atomic E-state index is 12.3. The molecule has 8 nitrogen and oxygen atoms in total. The minimum atomic E-state index is -0.0814. The molecular weight excluding hydrogens is 272 g/mol. The largest absolute Gasteiger partial charge is 0.409 e. The van der Waals surface area contributed by atoms with Crippen LogP contribution >= 0.6 is 0 Å². The van der Waals surface area contributed by atoms with Crippen LogP contribution in [-0.2, 0) is 7.05 Å². The van der Waals surface area contributed by atoms with Crippen LogP contribution in [0.4, 0.5) is 0 Å². The monoisotopic (exact) mass is 294 g/mol. The van der Waals surface area contributed by atoms with E-state index >= 15 is 0 Å². The summed E-state index contributed by atoms with van der Waals surface area (Å²) in [6, 6.07) is -0.0814. The number of carbonyl (C=O) groups is 1. The van der Waals surface area contributed by atoms with E-state index in [-0.39, 0.29) is 17.8 Å². The van der Waals surface area contributed by atoms with Gasteiger partial charge in [0, 0.05) is 39.4 Å². The standard InChI is InChI=1S/C13H22N6O2/c1-3-11(12(14)16-21)18-4-6-19(7-5-18)13(20)10-8-17(2)9-15-10/h8-9,11,21H,3-7H2,1-2H3,(H2,14,16). The second kappa shape index (κ2) is 6.57. The molecule has 2 heterocycles. The lowest BCUT2D eigenvalue weighted by Gasteiger charge is -2.38. The first-order valence-corrected chi connectivity index (χ1v) is 7.05. The van der Waals surface area contributed by atoms with Gasteiger partial charge >= 0.3 is 0 Å². The Bertz CT molecular complexity index is 518. The molecule has 116 valence electrons. The zero-order valence-corrected chi connectivity index (χ0v) is 12.4. The highest BCUT2D eigenvalue weighted by Gasteiger charge is 2.28. The van der Waals surface area contributed by atoms with Crippen molar-refractivity contribution in [3.05, 3.63) is 18.2 Å². The normalized spacial score (nSPS) is 18.8. The van der Waals surface area contributed by atoms with Crippen molar-refractivity contribution in [2.45, 2.75) is 19.4 Å². The maximum Gasteiger partial charge on any atom is 0.274 e. The molecule has 2 rings (SSSR count). The van der Waals surface area contributed by atoms with Crippen LogP contribution in [0.25, 0.3) is 0 Å². The Balaban J connectivity index is 1.95. The molecule has 0 radical (unpaired) electrons. The molecule has 1 aliphatic rings. The molecule has 21 heavy (non-hydrogen) atoms. The first-order valence-electron chi connectivity index (χ1n) is 7.05. The van der Waals surface area contributed by atoms with Gasteiger partial charge in [-0.2, -0.15) is 0 Å². The van der Waals surface area contributed by atoms with Crippen molar-refractivity contribution in [3.8, 4) is 0 Å². The number of nitrogens with zero attached hydrogens (tertiary/aromatic N) is 5. The Morgan fingerprint density at radius 2 is 2.14 bits per heavy atom. The van der Waals surface area contributed by atoms with Gasteiger partial charge in [-0.3, -0.25) is 9.69 Å². The van der Waals surface area contributed by atoms with Crippen molar-refractivity contribution in [1.29, 1.82) is 0 Å². The Morgan fingerprint density at radius 3 is 2.62 bits per heavy atom. The van der Waals surface area contributed by atoms with E-state index in [2.05, 4.69) is 15.0 Å². The summed E-state index contributed by atoms with van der Waals surface area (Å²) in [5.41, 5.74) is 6.18. The number of hydrogen-bond donors (Lipinski definition) is 2. The summed E-state index contributed by atoms with van der Waals surface area (Å²) in [5.74, 6) is 0.175. The number of imidazole rings is 1. The van der Waals surface area contributed by atoms with Crippen molar-refractivity contribution < 1.29 is 10.0 Å². The molecule has 1 unspecified atom stereocenters. The van der Waals surface area contributed by atoms with E-state index in [1.807, 2.05) is 14.0 Å². The molecule has 1 aromatic heterocycles. The van der Waals surface area contributed by atoms with Crippen LogP contribution in [0.2, 0.25) is 0 Å². The van der Waals surface area contributed by atoms with E-state index in [1.54, 1.807) is 22.0 Å². The fourth-order valence-corrected chi connectivity index (χ4v) is 2.64. The SMILES string of the molecule is CCC(C(N)=NO)N1CCN(C(=O)c2cn(C)cn2)CC1. The van der Waals surface area contributed by atoms with E-state index in [4.69, 9.17) is 10.9 Å². The van der Waals surface area contributed by atoms with Gasteiger partial charge in [0.1, 0.15) is 5.69 Å². The lowest BCUT2D eigenvalue weighted by atomic mass is 10.1. The molecule has 1 amide bonds. The van der Waals surface area contributed by atoms with E-state index in [0.29, 0.717) is 31.9 Å². The minimum absolute atomic E-state index is 0.0490. The third-order valence-corrected chi connectivity index (χ3v) is 3.81. The number of aromatic nitrogens is 2. The molecule has 0 aromatic carbocycles. The quantitative estimate of drug-likeness (QED) is 0.344. The number of hydrogen-bond acceptors (Lipinski definition) is 5. The second-order valence-electron chi connectivity index (χ2n) is 5.20. The third kappa shape index (κ3) is 3.33. The topological polar surface area (TPSA) is 100.0 Å². The van der Waals surface area contributed by atoms with Crippen LogP contribution in [0.1, 0.15) is 23.8 Å². The number of amidine groups is 1. The van der Waals surface area contributed by atoms with Crippen LogP contribution in [0.3, 0.4) is 0 Å². The van der Waals surface area contributed by atoms with Gasteiger partial charge in [0.05, 0.1) is 12.4 Å². The predicted octanol–water partition coefficient (Wildman–Crippen LogP) is -0.297. The highest BCUT2D eigenvalue weighted by molar-refractivity contribution is 5.92. The summed E-state index contributed by atoms with van der Waals surface area (Å²) >= 11 is 0. The van der Waals surface area contributed by atoms with Crippen LogP contribution < -0.4 is 5.73 Å². The van der Waals surface area contributed by atoms with Gasteiger partial charge in [-0.25, -0.2) is 4.98 Å². The second-order valence-corrected chi connectivity index (χ2v) is 5.20. The fraction of sp³-hybridized carbons (Fsp3) is 0.615. The van der Waals surface area contributed by atoms with E-state index < -0.39 is 0 Å². The van der Waals surface area contributed by atoms with Crippen LogP contribution in [0, 0.1) is 0 Å². The highest BCUT2D eigenvalue weighted by atomic mass is 16.4. The van der Waals surface area contributed by atoms with Gasteiger partial charge in [-0.05, 0) is 6.42 Å². The van der Waals surface area contributed by atoms with Crippen LogP contribution in [-0.4, -0.2) is 68.5 Å². The van der Waals surface area contributed by atoms with E-state index in [1.165, 1.54) is 0 Å². The van der Waals surface area contributed by atoms with Gasteiger partial charge in [0.25, 0.3) is 5.91 Å². The van der Waals surface area contributed by atoms with Gasteiger partial charge in [0.15, 0.2) is 5.84 Å². The van der Waals surface area contributed by atoms with Crippen molar-refractivity contribution >= 4 is 11.7 Å². The molecule has 0 saturated carbocycles. The molecular formula is C13H22N6O2. The summed E-state index contributed by atoms with van der Waals surface area (Å²) in [7, 11) is 1.84. The summed E-state index contributed by atoms with van der Waals surface area (Å²) in [5, 5.41) is 11.9. The summed E-state index contributed by atoms with van der Waals surface area (Å²) < 4.78 is 1.76.